The second-order valence-corrected chi connectivity index (χ2v) is 4.97. The van der Waals surface area contributed by atoms with E-state index in [1.54, 1.807) is 0 Å². The first-order chi connectivity index (χ1) is 10.1. The van der Waals surface area contributed by atoms with Gasteiger partial charge in [0.15, 0.2) is 0 Å². The van der Waals surface area contributed by atoms with Crippen molar-refractivity contribution in [2.24, 2.45) is 0 Å². The summed E-state index contributed by atoms with van der Waals surface area (Å²) in [7, 11) is 0. The molecule has 0 radical (unpaired) electrons. The van der Waals surface area contributed by atoms with E-state index in [0.717, 1.165) is 17.4 Å². The van der Waals surface area contributed by atoms with E-state index in [0.29, 0.717) is 0 Å². The van der Waals surface area contributed by atoms with Gasteiger partial charge in [-0.25, -0.2) is 4.39 Å². The van der Waals surface area contributed by atoms with Crippen molar-refractivity contribution < 1.29 is 13.9 Å². The summed E-state index contributed by atoms with van der Waals surface area (Å²) in [5.41, 5.74) is 1.11. The molecule has 21 heavy (non-hydrogen) atoms. The molecular formula is C16H15ClFNO2. The lowest BCUT2D eigenvalue weighted by Gasteiger charge is -2.09. The highest BCUT2D eigenvalue weighted by Gasteiger charge is 2.08. The number of carbonyl (C=O) groups excluding carboxylic acids is 1. The lowest BCUT2D eigenvalue weighted by atomic mass is 10.2. The van der Waals surface area contributed by atoms with Gasteiger partial charge in [-0.15, -0.1) is 0 Å². The van der Waals surface area contributed by atoms with Crippen molar-refractivity contribution in [3.63, 3.8) is 0 Å². The van der Waals surface area contributed by atoms with E-state index in [1.807, 2.05) is 31.2 Å². The second kappa shape index (κ2) is 7.09. The number of carbonyl (C=O) groups is 1. The zero-order valence-corrected chi connectivity index (χ0v) is 12.3. The molecule has 0 fully saturated rings. The number of anilines is 1. The summed E-state index contributed by atoms with van der Waals surface area (Å²) >= 11 is 5.65. The van der Waals surface area contributed by atoms with E-state index in [1.165, 1.54) is 12.1 Å². The van der Waals surface area contributed by atoms with Gasteiger partial charge in [-0.2, -0.15) is 0 Å². The number of nitrogens with one attached hydrogen (secondary N) is 1. The molecule has 2 aromatic rings. The average molecular weight is 308 g/mol. The Hall–Kier alpha value is -2.07. The van der Waals surface area contributed by atoms with Gasteiger partial charge in [-0.3, -0.25) is 4.79 Å². The molecule has 0 atom stereocenters. The van der Waals surface area contributed by atoms with E-state index >= 15 is 0 Å². The molecule has 0 heterocycles. The van der Waals surface area contributed by atoms with E-state index in [4.69, 9.17) is 16.3 Å². The summed E-state index contributed by atoms with van der Waals surface area (Å²) in [6, 6.07) is 11.6. The topological polar surface area (TPSA) is 38.3 Å². The fraction of sp³-hybridized carbons (Fsp3) is 0.188. The molecule has 1 N–H and O–H groups in total. The Bertz CT molecular complexity index is 646. The van der Waals surface area contributed by atoms with Crippen LogP contribution in [0.4, 0.5) is 10.1 Å². The monoisotopic (exact) mass is 307 g/mol. The number of amides is 1. The minimum atomic E-state index is -0.560. The zero-order valence-electron chi connectivity index (χ0n) is 11.5. The van der Waals surface area contributed by atoms with Crippen molar-refractivity contribution in [3.8, 4) is 5.75 Å². The minimum Gasteiger partial charge on any atom is -0.493 e. The number of para-hydroxylation sites is 1. The third-order valence-electron chi connectivity index (χ3n) is 2.89. The van der Waals surface area contributed by atoms with Crippen LogP contribution >= 0.6 is 11.6 Å². The standard InChI is InChI=1S/C16H15ClFNO2/c1-11-4-2-3-5-15(11)21-9-8-16(20)19-14-7-6-12(17)10-13(14)18/h2-7,10H,8-9H2,1H3,(H,19,20). The lowest BCUT2D eigenvalue weighted by Crippen LogP contribution is -2.16. The molecule has 0 saturated carbocycles. The van der Waals surface area contributed by atoms with Crippen LogP contribution in [0, 0.1) is 12.7 Å². The second-order valence-electron chi connectivity index (χ2n) is 4.54. The fourth-order valence-corrected chi connectivity index (χ4v) is 1.93. The molecule has 0 aromatic heterocycles. The van der Waals surface area contributed by atoms with E-state index in [-0.39, 0.29) is 29.6 Å². The molecule has 0 aliphatic carbocycles. The van der Waals surface area contributed by atoms with Gasteiger partial charge < -0.3 is 10.1 Å². The van der Waals surface area contributed by atoms with Crippen LogP contribution in [-0.4, -0.2) is 12.5 Å². The molecule has 1 amide bonds. The van der Waals surface area contributed by atoms with Gasteiger partial charge in [0.05, 0.1) is 18.7 Å². The van der Waals surface area contributed by atoms with Gasteiger partial charge in [0.1, 0.15) is 11.6 Å². The number of halogens is 2. The number of aryl methyl sites for hydroxylation is 1. The van der Waals surface area contributed by atoms with Crippen LogP contribution < -0.4 is 10.1 Å². The van der Waals surface area contributed by atoms with Crippen LogP contribution in [0.5, 0.6) is 5.75 Å². The van der Waals surface area contributed by atoms with Crippen molar-refractivity contribution in [1.82, 2.24) is 0 Å². The van der Waals surface area contributed by atoms with E-state index in [9.17, 15) is 9.18 Å². The van der Waals surface area contributed by atoms with Crippen LogP contribution in [0.3, 0.4) is 0 Å². The van der Waals surface area contributed by atoms with Gasteiger partial charge in [0.2, 0.25) is 5.91 Å². The van der Waals surface area contributed by atoms with Gasteiger partial charge in [-0.05, 0) is 36.8 Å². The molecule has 0 aliphatic heterocycles. The Kier molecular flexibility index (Phi) is 5.17. The molecule has 0 bridgehead atoms. The van der Waals surface area contributed by atoms with Gasteiger partial charge in [0, 0.05) is 5.02 Å². The number of hydrogen-bond acceptors (Lipinski definition) is 2. The van der Waals surface area contributed by atoms with Crippen LogP contribution in [0.2, 0.25) is 5.02 Å². The van der Waals surface area contributed by atoms with Crippen molar-refractivity contribution in [2.45, 2.75) is 13.3 Å². The van der Waals surface area contributed by atoms with Gasteiger partial charge >= 0.3 is 0 Å². The molecule has 2 aromatic carbocycles. The first kappa shape index (κ1) is 15.3. The lowest BCUT2D eigenvalue weighted by molar-refractivity contribution is -0.116. The number of hydrogen-bond donors (Lipinski definition) is 1. The Morgan fingerprint density at radius 2 is 2.05 bits per heavy atom. The van der Waals surface area contributed by atoms with Crippen LogP contribution in [0.1, 0.15) is 12.0 Å². The average Bonchev–Trinajstić information content (AvgIpc) is 2.44. The summed E-state index contributed by atoms with van der Waals surface area (Å²) in [6.45, 7) is 2.16. The first-order valence-electron chi connectivity index (χ1n) is 6.49. The maximum atomic E-state index is 13.5. The molecule has 0 unspecified atom stereocenters. The van der Waals surface area contributed by atoms with Crippen molar-refractivity contribution >= 4 is 23.2 Å². The highest BCUT2D eigenvalue weighted by atomic mass is 35.5. The molecule has 110 valence electrons. The van der Waals surface area contributed by atoms with E-state index < -0.39 is 5.82 Å². The van der Waals surface area contributed by atoms with Crippen molar-refractivity contribution in [2.75, 3.05) is 11.9 Å². The van der Waals surface area contributed by atoms with Crippen LogP contribution in [0.25, 0.3) is 0 Å². The van der Waals surface area contributed by atoms with Gasteiger partial charge in [-0.1, -0.05) is 29.8 Å². The summed E-state index contributed by atoms with van der Waals surface area (Å²) < 4.78 is 19.0. The molecule has 0 saturated heterocycles. The number of ether oxygens (including phenoxy) is 1. The van der Waals surface area contributed by atoms with Crippen LogP contribution in [0.15, 0.2) is 42.5 Å². The van der Waals surface area contributed by atoms with Crippen molar-refractivity contribution in [3.05, 3.63) is 58.9 Å². The van der Waals surface area contributed by atoms with Gasteiger partial charge in [0.25, 0.3) is 0 Å². The molecule has 3 nitrogen and oxygen atoms in total. The third kappa shape index (κ3) is 4.46. The minimum absolute atomic E-state index is 0.111. The van der Waals surface area contributed by atoms with Crippen molar-refractivity contribution in [1.29, 1.82) is 0 Å². The quantitative estimate of drug-likeness (QED) is 0.899. The maximum absolute atomic E-state index is 13.5. The summed E-state index contributed by atoms with van der Waals surface area (Å²) in [5.74, 6) is -0.136. The Labute approximate surface area is 127 Å². The Morgan fingerprint density at radius 1 is 1.29 bits per heavy atom. The normalized spacial score (nSPS) is 10.2. The molecule has 2 rings (SSSR count). The molecule has 0 aliphatic rings. The fourth-order valence-electron chi connectivity index (χ4n) is 1.78. The summed E-state index contributed by atoms with van der Waals surface area (Å²) in [5, 5.41) is 2.77. The Morgan fingerprint density at radius 3 is 2.76 bits per heavy atom. The maximum Gasteiger partial charge on any atom is 0.227 e. The predicted molar refractivity (Wildman–Crippen MR) is 81.3 cm³/mol. The predicted octanol–water partition coefficient (Wildman–Crippen LogP) is 4.20. The first-order valence-corrected chi connectivity index (χ1v) is 6.87. The summed E-state index contributed by atoms with van der Waals surface area (Å²) in [6.07, 6.45) is 0.135. The highest BCUT2D eigenvalue weighted by Crippen LogP contribution is 2.19. The SMILES string of the molecule is Cc1ccccc1OCCC(=O)Nc1ccc(Cl)cc1F. The molecule has 0 spiro atoms. The number of rotatable bonds is 5. The highest BCUT2D eigenvalue weighted by molar-refractivity contribution is 6.30. The zero-order chi connectivity index (χ0) is 15.2. The summed E-state index contributed by atoms with van der Waals surface area (Å²) in [4.78, 5) is 11.7. The van der Waals surface area contributed by atoms with Crippen LogP contribution in [-0.2, 0) is 4.79 Å². The third-order valence-corrected chi connectivity index (χ3v) is 3.12. The Balaban J connectivity index is 1.84. The largest absolute Gasteiger partial charge is 0.493 e. The van der Waals surface area contributed by atoms with E-state index in [2.05, 4.69) is 5.32 Å². The smallest absolute Gasteiger partial charge is 0.227 e. The number of benzene rings is 2. The molecule has 5 heteroatoms. The molecular weight excluding hydrogens is 293 g/mol.